The van der Waals surface area contributed by atoms with Crippen molar-refractivity contribution in [1.29, 1.82) is 5.26 Å². The van der Waals surface area contributed by atoms with E-state index in [9.17, 15) is 5.26 Å². The second-order valence-electron chi connectivity index (χ2n) is 8.44. The third-order valence-corrected chi connectivity index (χ3v) is 6.11. The van der Waals surface area contributed by atoms with Crippen molar-refractivity contribution in [3.63, 3.8) is 0 Å². The Morgan fingerprint density at radius 1 is 1.12 bits per heavy atom. The lowest BCUT2D eigenvalue weighted by atomic mass is 9.96. The van der Waals surface area contributed by atoms with Crippen molar-refractivity contribution >= 4 is 35.8 Å². The summed E-state index contributed by atoms with van der Waals surface area (Å²) in [7, 11) is 0. The fourth-order valence-electron chi connectivity index (χ4n) is 4.06. The monoisotopic (exact) mass is 569 g/mol. The van der Waals surface area contributed by atoms with Crippen LogP contribution in [0.3, 0.4) is 0 Å². The van der Waals surface area contributed by atoms with Gasteiger partial charge in [0.05, 0.1) is 17.9 Å². The smallest absolute Gasteiger partial charge is 0.191 e. The van der Waals surface area contributed by atoms with E-state index < -0.39 is 0 Å². The molecule has 178 valence electrons. The summed E-state index contributed by atoms with van der Waals surface area (Å²) in [6, 6.07) is 22.5. The van der Waals surface area contributed by atoms with Gasteiger partial charge in [-0.2, -0.15) is 10.4 Å². The van der Waals surface area contributed by atoms with Gasteiger partial charge in [-0.1, -0.05) is 48.5 Å². The van der Waals surface area contributed by atoms with Crippen molar-refractivity contribution in [2.45, 2.75) is 38.0 Å². The number of nitriles is 1. The van der Waals surface area contributed by atoms with E-state index in [1.165, 1.54) is 18.4 Å². The number of anilines is 1. The number of aryl methyl sites for hydroxylation is 1. The number of aromatic nitrogens is 2. The largest absolute Gasteiger partial charge is 0.382 e. The molecule has 1 aromatic heterocycles. The maximum Gasteiger partial charge on any atom is 0.191 e. The molecule has 7 nitrogen and oxygen atoms in total. The Balaban J connectivity index is 0.00000324. The molecule has 1 aliphatic rings. The number of aliphatic imine (C=N–C) groups is 1. The summed E-state index contributed by atoms with van der Waals surface area (Å²) < 4.78 is 1.64. The SMILES string of the molecule is CCNC(=NCC1(c2ccccc2)CC1)NCCCc1nn(-c2ccccc2)c(N)c1C#N.I. The van der Waals surface area contributed by atoms with Crippen LogP contribution in [0.25, 0.3) is 5.69 Å². The zero-order chi connectivity index (χ0) is 23.1. The highest BCUT2D eigenvalue weighted by Gasteiger charge is 2.43. The fourth-order valence-corrected chi connectivity index (χ4v) is 4.06. The fraction of sp³-hybridized carbons (Fsp3) is 0.346. The van der Waals surface area contributed by atoms with Crippen LogP contribution in [0.2, 0.25) is 0 Å². The minimum Gasteiger partial charge on any atom is -0.382 e. The summed E-state index contributed by atoms with van der Waals surface area (Å²) in [5, 5.41) is 21.0. The molecule has 0 amide bonds. The van der Waals surface area contributed by atoms with Crippen LogP contribution in [0.15, 0.2) is 65.7 Å². The van der Waals surface area contributed by atoms with E-state index in [1.807, 2.05) is 30.3 Å². The number of rotatable bonds is 9. The first-order valence-corrected chi connectivity index (χ1v) is 11.6. The van der Waals surface area contributed by atoms with E-state index in [4.69, 9.17) is 10.7 Å². The molecule has 0 spiro atoms. The van der Waals surface area contributed by atoms with Crippen LogP contribution in [0, 0.1) is 11.3 Å². The molecule has 1 saturated carbocycles. The van der Waals surface area contributed by atoms with E-state index in [-0.39, 0.29) is 29.4 Å². The molecule has 0 bridgehead atoms. The number of nitrogens with zero attached hydrogens (tertiary/aromatic N) is 4. The van der Waals surface area contributed by atoms with Crippen LogP contribution in [-0.4, -0.2) is 35.4 Å². The maximum absolute atomic E-state index is 9.59. The number of nitrogens with two attached hydrogens (primary N) is 1. The molecule has 0 atom stereocenters. The van der Waals surface area contributed by atoms with Crippen molar-refractivity contribution in [3.8, 4) is 11.8 Å². The molecule has 4 rings (SSSR count). The molecule has 4 N–H and O–H groups in total. The zero-order valence-electron chi connectivity index (χ0n) is 19.5. The summed E-state index contributed by atoms with van der Waals surface area (Å²) in [5.74, 6) is 1.21. The van der Waals surface area contributed by atoms with Gasteiger partial charge in [0.2, 0.25) is 0 Å². The van der Waals surface area contributed by atoms with Gasteiger partial charge < -0.3 is 16.4 Å². The number of nitrogen functional groups attached to an aromatic ring is 1. The average Bonchev–Trinajstić information content (AvgIpc) is 3.58. The van der Waals surface area contributed by atoms with Crippen molar-refractivity contribution < 1.29 is 0 Å². The lowest BCUT2D eigenvalue weighted by molar-refractivity contribution is 0.684. The third kappa shape index (κ3) is 5.89. The number of hydrogen-bond donors (Lipinski definition) is 3. The van der Waals surface area contributed by atoms with Crippen molar-refractivity contribution in [2.75, 3.05) is 25.4 Å². The Bertz CT molecular complexity index is 1130. The second-order valence-corrected chi connectivity index (χ2v) is 8.44. The van der Waals surface area contributed by atoms with Crippen LogP contribution < -0.4 is 16.4 Å². The lowest BCUT2D eigenvalue weighted by Gasteiger charge is -2.16. The molecule has 1 heterocycles. The van der Waals surface area contributed by atoms with Gasteiger partial charge in [-0.05, 0) is 50.3 Å². The highest BCUT2D eigenvalue weighted by atomic mass is 127. The minimum absolute atomic E-state index is 0. The lowest BCUT2D eigenvalue weighted by Crippen LogP contribution is -2.38. The molecule has 34 heavy (non-hydrogen) atoms. The number of guanidine groups is 1. The van der Waals surface area contributed by atoms with Crippen LogP contribution in [0.5, 0.6) is 0 Å². The predicted octanol–water partition coefficient (Wildman–Crippen LogP) is 4.16. The first kappa shape index (κ1) is 25.6. The molecule has 3 aromatic rings. The quantitative estimate of drug-likeness (QED) is 0.155. The van der Waals surface area contributed by atoms with E-state index in [2.05, 4.69) is 59.1 Å². The Hall–Kier alpha value is -3.06. The molecule has 8 heteroatoms. The Labute approximate surface area is 218 Å². The zero-order valence-corrected chi connectivity index (χ0v) is 21.8. The van der Waals surface area contributed by atoms with Gasteiger partial charge >= 0.3 is 0 Å². The van der Waals surface area contributed by atoms with E-state index in [0.717, 1.165) is 43.4 Å². The summed E-state index contributed by atoms with van der Waals surface area (Å²) in [6.07, 6.45) is 3.84. The highest BCUT2D eigenvalue weighted by molar-refractivity contribution is 14.0. The van der Waals surface area contributed by atoms with Gasteiger partial charge in [-0.3, -0.25) is 4.99 Å². The normalized spacial score (nSPS) is 14.1. The number of hydrogen-bond acceptors (Lipinski definition) is 4. The topological polar surface area (TPSA) is 104 Å². The number of halogens is 1. The van der Waals surface area contributed by atoms with E-state index in [1.54, 1.807) is 4.68 Å². The second kappa shape index (κ2) is 11.9. The van der Waals surface area contributed by atoms with Crippen LogP contribution in [-0.2, 0) is 11.8 Å². The van der Waals surface area contributed by atoms with Crippen LogP contribution in [0.4, 0.5) is 5.82 Å². The molecule has 0 radical (unpaired) electrons. The van der Waals surface area contributed by atoms with Gasteiger partial charge in [-0.15, -0.1) is 24.0 Å². The van der Waals surface area contributed by atoms with Gasteiger partial charge in [0.25, 0.3) is 0 Å². The van der Waals surface area contributed by atoms with Gasteiger partial charge in [-0.25, -0.2) is 4.68 Å². The Kier molecular flexibility index (Phi) is 8.93. The number of nitrogens with one attached hydrogen (secondary N) is 2. The molecular weight excluding hydrogens is 537 g/mol. The molecule has 2 aromatic carbocycles. The minimum atomic E-state index is 0. The average molecular weight is 569 g/mol. The van der Waals surface area contributed by atoms with Crippen LogP contribution >= 0.6 is 24.0 Å². The summed E-state index contributed by atoms with van der Waals surface area (Å²) in [5.41, 5.74) is 9.80. The van der Waals surface area contributed by atoms with Gasteiger partial charge in [0.1, 0.15) is 17.5 Å². The number of benzene rings is 2. The van der Waals surface area contributed by atoms with Crippen molar-refractivity contribution in [3.05, 3.63) is 77.5 Å². The van der Waals surface area contributed by atoms with Crippen LogP contribution in [0.1, 0.15) is 43.0 Å². The predicted molar refractivity (Wildman–Crippen MR) is 148 cm³/mol. The molecule has 0 unspecified atom stereocenters. The first-order chi connectivity index (χ1) is 16.2. The van der Waals surface area contributed by atoms with Gasteiger partial charge in [0, 0.05) is 18.5 Å². The Morgan fingerprint density at radius 3 is 2.41 bits per heavy atom. The summed E-state index contributed by atoms with van der Waals surface area (Å²) in [6.45, 7) is 4.39. The Morgan fingerprint density at radius 2 is 1.79 bits per heavy atom. The summed E-state index contributed by atoms with van der Waals surface area (Å²) >= 11 is 0. The summed E-state index contributed by atoms with van der Waals surface area (Å²) in [4.78, 5) is 4.86. The standard InChI is InChI=1S/C26H31N7.HI/c1-2-29-25(31-19-26(15-16-26)20-10-5-3-6-11-20)30-17-9-14-23-22(18-27)24(28)33(32-23)21-12-7-4-8-13-21;/h3-8,10-13H,2,9,14-17,19,28H2,1H3,(H2,29,30,31);1H. The molecule has 0 aliphatic heterocycles. The highest BCUT2D eigenvalue weighted by Crippen LogP contribution is 2.48. The maximum atomic E-state index is 9.59. The van der Waals surface area contributed by atoms with Crippen molar-refractivity contribution in [1.82, 2.24) is 20.4 Å². The molecular formula is C26H32IN7. The van der Waals surface area contributed by atoms with E-state index in [0.29, 0.717) is 17.8 Å². The third-order valence-electron chi connectivity index (χ3n) is 6.11. The first-order valence-electron chi connectivity index (χ1n) is 11.6. The molecule has 0 saturated heterocycles. The number of para-hydroxylation sites is 1. The molecule has 1 aliphatic carbocycles. The molecule has 1 fully saturated rings. The van der Waals surface area contributed by atoms with E-state index >= 15 is 0 Å². The van der Waals surface area contributed by atoms with Crippen molar-refractivity contribution in [2.24, 2.45) is 4.99 Å². The van der Waals surface area contributed by atoms with Gasteiger partial charge in [0.15, 0.2) is 5.96 Å².